The molecule has 0 spiro atoms. The summed E-state index contributed by atoms with van der Waals surface area (Å²) in [5, 5.41) is 0. The maximum atomic E-state index is 11.2. The van der Waals surface area contributed by atoms with Crippen LogP contribution in [-0.2, 0) is 24.5 Å². The number of hydrogen-bond acceptors (Lipinski definition) is 5. The van der Waals surface area contributed by atoms with E-state index in [1.165, 1.54) is 7.05 Å². The zero-order valence-electron chi connectivity index (χ0n) is 8.18. The van der Waals surface area contributed by atoms with E-state index in [1.807, 2.05) is 0 Å². The van der Waals surface area contributed by atoms with Gasteiger partial charge in [0, 0.05) is 13.2 Å². The molecule has 0 saturated carbocycles. The van der Waals surface area contributed by atoms with Crippen molar-refractivity contribution in [3.63, 3.8) is 0 Å². The summed E-state index contributed by atoms with van der Waals surface area (Å²) >= 11 is 0. The highest BCUT2D eigenvalue weighted by Crippen LogP contribution is 2.10. The number of amides is 1. The molecule has 15 heavy (non-hydrogen) atoms. The average Bonchev–Trinajstić information content (AvgIpc) is 2.11. The van der Waals surface area contributed by atoms with Crippen molar-refractivity contribution in [2.45, 2.75) is 6.92 Å². The zero-order valence-corrected chi connectivity index (χ0v) is 9.00. The Morgan fingerprint density at radius 2 is 2.20 bits per heavy atom. The van der Waals surface area contributed by atoms with E-state index in [-0.39, 0.29) is 12.2 Å². The first-order valence-electron chi connectivity index (χ1n) is 4.07. The third kappa shape index (κ3) is 2.27. The van der Waals surface area contributed by atoms with E-state index in [2.05, 4.69) is 4.74 Å². The van der Waals surface area contributed by atoms with Gasteiger partial charge >= 0.3 is 16.2 Å². The largest absolute Gasteiger partial charge is 0.462 e. The number of esters is 1. The average molecular weight is 234 g/mol. The molecule has 8 heteroatoms. The number of nitrogens with one attached hydrogen (secondary N) is 1. The van der Waals surface area contributed by atoms with Crippen molar-refractivity contribution in [3.05, 3.63) is 11.8 Å². The maximum Gasteiger partial charge on any atom is 0.345 e. The van der Waals surface area contributed by atoms with Crippen LogP contribution in [0.5, 0.6) is 0 Å². The van der Waals surface area contributed by atoms with Gasteiger partial charge in [-0.25, -0.2) is 9.52 Å². The first kappa shape index (κ1) is 11.5. The third-order valence-electron chi connectivity index (χ3n) is 1.65. The second kappa shape index (κ2) is 3.89. The molecule has 0 fully saturated rings. The Morgan fingerprint density at radius 1 is 1.60 bits per heavy atom. The predicted octanol–water partition coefficient (Wildman–Crippen LogP) is -1.26. The van der Waals surface area contributed by atoms with E-state index in [0.29, 0.717) is 0 Å². The summed E-state index contributed by atoms with van der Waals surface area (Å²) in [4.78, 5) is 22.4. The molecule has 0 atom stereocenters. The summed E-state index contributed by atoms with van der Waals surface area (Å²) in [5.74, 6) is -1.83. The summed E-state index contributed by atoms with van der Waals surface area (Å²) in [6.45, 7) is 1.69. The normalized spacial score (nSPS) is 19.2. The molecule has 1 amide bonds. The molecule has 0 aromatic heterocycles. The Kier molecular flexibility index (Phi) is 2.98. The van der Waals surface area contributed by atoms with Crippen molar-refractivity contribution in [2.24, 2.45) is 0 Å². The Bertz CT molecular complexity index is 425. The lowest BCUT2D eigenvalue weighted by Crippen LogP contribution is -2.45. The summed E-state index contributed by atoms with van der Waals surface area (Å²) < 4.78 is 29.2. The fourth-order valence-corrected chi connectivity index (χ4v) is 1.64. The topological polar surface area (TPSA) is 92.8 Å². The quantitative estimate of drug-likeness (QED) is 0.475. The third-order valence-corrected chi connectivity index (χ3v) is 2.96. The second-order valence-corrected chi connectivity index (χ2v) is 4.45. The van der Waals surface area contributed by atoms with Gasteiger partial charge < -0.3 is 4.74 Å². The van der Waals surface area contributed by atoms with Gasteiger partial charge in [-0.3, -0.25) is 9.10 Å². The van der Waals surface area contributed by atoms with Crippen LogP contribution in [0.2, 0.25) is 0 Å². The van der Waals surface area contributed by atoms with Crippen LogP contribution in [0.1, 0.15) is 6.92 Å². The van der Waals surface area contributed by atoms with Gasteiger partial charge in [0.05, 0.1) is 6.61 Å². The monoisotopic (exact) mass is 234 g/mol. The number of hydrogen-bond donors (Lipinski definition) is 1. The molecule has 0 radical (unpaired) electrons. The highest BCUT2D eigenvalue weighted by Gasteiger charge is 2.31. The van der Waals surface area contributed by atoms with E-state index in [0.717, 1.165) is 10.5 Å². The Labute approximate surface area is 86.9 Å². The van der Waals surface area contributed by atoms with Crippen molar-refractivity contribution < 1.29 is 22.7 Å². The summed E-state index contributed by atoms with van der Waals surface area (Å²) in [6, 6.07) is 0. The lowest BCUT2D eigenvalue weighted by atomic mass is 10.3. The fraction of sp³-hybridized carbons (Fsp3) is 0.429. The van der Waals surface area contributed by atoms with Crippen LogP contribution < -0.4 is 4.72 Å². The molecule has 1 N–H and O–H groups in total. The van der Waals surface area contributed by atoms with Crippen molar-refractivity contribution >= 4 is 22.1 Å². The number of rotatable bonds is 2. The van der Waals surface area contributed by atoms with Crippen molar-refractivity contribution in [3.8, 4) is 0 Å². The molecular formula is C7H10N2O5S. The molecule has 1 aliphatic rings. The van der Waals surface area contributed by atoms with E-state index in [9.17, 15) is 18.0 Å². The van der Waals surface area contributed by atoms with Gasteiger partial charge in [-0.05, 0) is 6.92 Å². The van der Waals surface area contributed by atoms with Crippen molar-refractivity contribution in [1.29, 1.82) is 0 Å². The molecule has 0 aliphatic carbocycles. The second-order valence-electron chi connectivity index (χ2n) is 2.72. The fourth-order valence-electron chi connectivity index (χ4n) is 0.908. The number of carbonyl (C=O) groups is 2. The Hall–Kier alpha value is -1.57. The molecule has 1 heterocycles. The van der Waals surface area contributed by atoms with Crippen LogP contribution in [0.15, 0.2) is 11.8 Å². The summed E-state index contributed by atoms with van der Waals surface area (Å²) in [7, 11) is -2.64. The Balaban J connectivity index is 3.02. The maximum absolute atomic E-state index is 11.2. The first-order valence-corrected chi connectivity index (χ1v) is 5.51. The molecule has 0 bridgehead atoms. The number of ether oxygens (including phenoxy) is 1. The molecule has 0 unspecified atom stereocenters. The van der Waals surface area contributed by atoms with Gasteiger partial charge in [0.2, 0.25) is 0 Å². The molecule has 0 aromatic carbocycles. The van der Waals surface area contributed by atoms with Gasteiger partial charge in [0.25, 0.3) is 5.91 Å². The molecule has 1 aliphatic heterocycles. The molecule has 7 nitrogen and oxygen atoms in total. The lowest BCUT2D eigenvalue weighted by molar-refractivity contribution is -0.140. The summed E-state index contributed by atoms with van der Waals surface area (Å²) in [6.07, 6.45) is 0.923. The van der Waals surface area contributed by atoms with Gasteiger partial charge in [-0.15, -0.1) is 0 Å². The van der Waals surface area contributed by atoms with Gasteiger partial charge in [-0.2, -0.15) is 8.42 Å². The van der Waals surface area contributed by atoms with Gasteiger partial charge in [0.1, 0.15) is 5.57 Å². The molecule has 0 aromatic rings. The van der Waals surface area contributed by atoms with Crippen LogP contribution in [0.4, 0.5) is 0 Å². The van der Waals surface area contributed by atoms with Crippen molar-refractivity contribution in [1.82, 2.24) is 9.03 Å². The molecular weight excluding hydrogens is 224 g/mol. The van der Waals surface area contributed by atoms with Gasteiger partial charge in [-0.1, -0.05) is 0 Å². The van der Waals surface area contributed by atoms with E-state index in [1.54, 1.807) is 11.6 Å². The molecule has 0 saturated heterocycles. The standard InChI is InChI=1S/C7H10N2O5S/c1-3-14-7(11)5-4-9(2)15(12,13)8-6(5)10/h4H,3H2,1-2H3,(H,8,10). The highest BCUT2D eigenvalue weighted by atomic mass is 32.2. The SMILES string of the molecule is CCOC(=O)C1=CN(C)S(=O)(=O)NC1=O. The summed E-state index contributed by atoms with van der Waals surface area (Å²) in [5.41, 5.74) is -0.339. The predicted molar refractivity (Wildman–Crippen MR) is 49.5 cm³/mol. The van der Waals surface area contributed by atoms with Crippen LogP contribution >= 0.6 is 0 Å². The smallest absolute Gasteiger partial charge is 0.345 e. The number of nitrogens with zero attached hydrogens (tertiary/aromatic N) is 1. The number of carbonyl (C=O) groups excluding carboxylic acids is 2. The lowest BCUT2D eigenvalue weighted by Gasteiger charge is -2.21. The minimum Gasteiger partial charge on any atom is -0.462 e. The minimum atomic E-state index is -3.84. The van der Waals surface area contributed by atoms with Crippen LogP contribution in [0.25, 0.3) is 0 Å². The van der Waals surface area contributed by atoms with E-state index < -0.39 is 22.1 Å². The molecule has 1 rings (SSSR count). The van der Waals surface area contributed by atoms with E-state index in [4.69, 9.17) is 0 Å². The Morgan fingerprint density at radius 3 is 2.73 bits per heavy atom. The van der Waals surface area contributed by atoms with Crippen LogP contribution in [0, 0.1) is 0 Å². The van der Waals surface area contributed by atoms with E-state index >= 15 is 0 Å². The first-order chi connectivity index (χ1) is 6.88. The van der Waals surface area contributed by atoms with Crippen molar-refractivity contribution in [2.75, 3.05) is 13.7 Å². The zero-order chi connectivity index (χ0) is 11.6. The minimum absolute atomic E-state index is 0.111. The van der Waals surface area contributed by atoms with Crippen LogP contribution in [0.3, 0.4) is 0 Å². The molecule has 84 valence electrons. The highest BCUT2D eigenvalue weighted by molar-refractivity contribution is 7.87. The van der Waals surface area contributed by atoms with Gasteiger partial charge in [0.15, 0.2) is 0 Å². The van der Waals surface area contributed by atoms with Crippen LogP contribution in [-0.4, -0.2) is 38.3 Å².